The summed E-state index contributed by atoms with van der Waals surface area (Å²) >= 11 is 0. The van der Waals surface area contributed by atoms with Gasteiger partial charge >= 0.3 is 6.18 Å². The van der Waals surface area contributed by atoms with Crippen LogP contribution in [0.3, 0.4) is 0 Å². The first kappa shape index (κ1) is 17.2. The fourth-order valence-electron chi connectivity index (χ4n) is 1.85. The van der Waals surface area contributed by atoms with E-state index in [1.54, 1.807) is 13.1 Å². The molecule has 2 atom stereocenters. The normalized spacial score (nSPS) is 15.1. The van der Waals surface area contributed by atoms with Gasteiger partial charge in [0.1, 0.15) is 0 Å². The summed E-state index contributed by atoms with van der Waals surface area (Å²) in [5.41, 5.74) is -0.151. The Morgan fingerprint density at radius 3 is 2.60 bits per heavy atom. The Balaban J connectivity index is 2.82. The van der Waals surface area contributed by atoms with Crippen LogP contribution in [0, 0.1) is 0 Å². The molecule has 0 aliphatic rings. The highest BCUT2D eigenvalue weighted by molar-refractivity contribution is 7.85. The summed E-state index contributed by atoms with van der Waals surface area (Å²) in [6, 6.07) is 4.86. The van der Waals surface area contributed by atoms with Crippen LogP contribution in [0.25, 0.3) is 0 Å². The highest BCUT2D eigenvalue weighted by Crippen LogP contribution is 2.30. The van der Waals surface area contributed by atoms with Crippen LogP contribution in [0.4, 0.5) is 13.2 Å². The van der Waals surface area contributed by atoms with Crippen molar-refractivity contribution < 1.29 is 17.4 Å². The van der Waals surface area contributed by atoms with Crippen molar-refractivity contribution >= 4 is 10.8 Å². The number of rotatable bonds is 7. The summed E-state index contributed by atoms with van der Waals surface area (Å²) in [5.74, 6) is 0.922. The van der Waals surface area contributed by atoms with E-state index in [0.29, 0.717) is 17.1 Å². The lowest BCUT2D eigenvalue weighted by Crippen LogP contribution is -2.24. The third kappa shape index (κ3) is 5.25. The first-order valence-electron chi connectivity index (χ1n) is 6.58. The zero-order valence-corrected chi connectivity index (χ0v) is 12.5. The van der Waals surface area contributed by atoms with Crippen LogP contribution in [0.1, 0.15) is 36.9 Å². The van der Waals surface area contributed by atoms with Gasteiger partial charge in [-0.1, -0.05) is 25.5 Å². The Hall–Kier alpha value is -0.880. The first-order chi connectivity index (χ1) is 9.38. The number of benzene rings is 1. The van der Waals surface area contributed by atoms with Crippen LogP contribution in [-0.2, 0) is 17.0 Å². The van der Waals surface area contributed by atoms with Crippen molar-refractivity contribution in [2.24, 2.45) is 0 Å². The maximum atomic E-state index is 12.7. The minimum atomic E-state index is -4.35. The maximum absolute atomic E-state index is 12.7. The molecule has 0 aromatic heterocycles. The Bertz CT molecular complexity index is 448. The molecule has 1 N–H and O–H groups in total. The van der Waals surface area contributed by atoms with Crippen molar-refractivity contribution in [1.82, 2.24) is 5.32 Å². The molecule has 0 aliphatic carbocycles. The molecular weight excluding hydrogens is 287 g/mol. The standard InChI is InChI=1S/C14H20F3NOS/c1-3-4-8-20(19)10-13(18-2)11-6-5-7-12(9-11)14(15,16)17/h5-7,9,13,18H,3-4,8,10H2,1-2H3. The summed E-state index contributed by atoms with van der Waals surface area (Å²) in [7, 11) is 0.647. The molecule has 0 spiro atoms. The van der Waals surface area contributed by atoms with Crippen LogP contribution < -0.4 is 5.32 Å². The molecule has 1 rings (SSSR count). The average molecular weight is 307 g/mol. The molecule has 0 bridgehead atoms. The lowest BCUT2D eigenvalue weighted by Gasteiger charge is -2.18. The van der Waals surface area contributed by atoms with Crippen molar-refractivity contribution in [2.75, 3.05) is 18.6 Å². The fraction of sp³-hybridized carbons (Fsp3) is 0.571. The number of nitrogens with one attached hydrogen (secondary N) is 1. The van der Waals surface area contributed by atoms with Crippen molar-refractivity contribution in [3.63, 3.8) is 0 Å². The minimum Gasteiger partial charge on any atom is -0.312 e. The molecule has 0 aliphatic heterocycles. The summed E-state index contributed by atoms with van der Waals surface area (Å²) < 4.78 is 49.9. The molecule has 0 fully saturated rings. The number of hydrogen-bond donors (Lipinski definition) is 1. The van der Waals surface area contributed by atoms with Gasteiger partial charge in [-0.2, -0.15) is 13.2 Å². The second-order valence-corrected chi connectivity index (χ2v) is 6.25. The first-order valence-corrected chi connectivity index (χ1v) is 8.06. The van der Waals surface area contributed by atoms with Crippen LogP contribution in [-0.4, -0.2) is 22.8 Å². The van der Waals surface area contributed by atoms with Crippen LogP contribution in [0.2, 0.25) is 0 Å². The van der Waals surface area contributed by atoms with Crippen molar-refractivity contribution in [1.29, 1.82) is 0 Å². The van der Waals surface area contributed by atoms with Gasteiger partial charge in [-0.05, 0) is 31.2 Å². The zero-order valence-electron chi connectivity index (χ0n) is 11.7. The Kier molecular flexibility index (Phi) is 6.68. The van der Waals surface area contributed by atoms with Crippen LogP contribution >= 0.6 is 0 Å². The molecule has 0 saturated heterocycles. The molecule has 2 unspecified atom stereocenters. The van der Waals surface area contributed by atoms with Crippen LogP contribution in [0.15, 0.2) is 24.3 Å². The maximum Gasteiger partial charge on any atom is 0.416 e. The van der Waals surface area contributed by atoms with E-state index in [1.807, 2.05) is 6.92 Å². The molecule has 0 saturated carbocycles. The summed E-state index contributed by atoms with van der Waals surface area (Å²) in [6.45, 7) is 2.01. The number of halogens is 3. The Labute approximate surface area is 120 Å². The van der Waals surface area contributed by atoms with Crippen molar-refractivity contribution in [3.05, 3.63) is 35.4 Å². The molecule has 1 aromatic rings. The molecule has 114 valence electrons. The number of unbranched alkanes of at least 4 members (excludes halogenated alkanes) is 1. The molecular formula is C14H20F3NOS. The van der Waals surface area contributed by atoms with Gasteiger partial charge in [0.05, 0.1) is 5.56 Å². The SMILES string of the molecule is CCCCS(=O)CC(NC)c1cccc(C(F)(F)F)c1. The Morgan fingerprint density at radius 1 is 1.35 bits per heavy atom. The van der Waals surface area contributed by atoms with Gasteiger partial charge in [0.2, 0.25) is 0 Å². The minimum absolute atomic E-state index is 0.324. The largest absolute Gasteiger partial charge is 0.416 e. The van der Waals surface area contributed by atoms with E-state index in [-0.39, 0.29) is 6.04 Å². The van der Waals surface area contributed by atoms with E-state index < -0.39 is 22.5 Å². The van der Waals surface area contributed by atoms with Gasteiger partial charge in [0.25, 0.3) is 0 Å². The van der Waals surface area contributed by atoms with Crippen LogP contribution in [0.5, 0.6) is 0 Å². The second-order valence-electron chi connectivity index (χ2n) is 4.63. The highest BCUT2D eigenvalue weighted by atomic mass is 32.2. The lowest BCUT2D eigenvalue weighted by atomic mass is 10.1. The molecule has 6 heteroatoms. The van der Waals surface area contributed by atoms with E-state index in [1.165, 1.54) is 6.07 Å². The summed E-state index contributed by atoms with van der Waals surface area (Å²) in [5, 5.41) is 2.94. The fourth-order valence-corrected chi connectivity index (χ4v) is 3.36. The van der Waals surface area contributed by atoms with E-state index >= 15 is 0 Å². The monoisotopic (exact) mass is 307 g/mol. The Morgan fingerprint density at radius 2 is 2.05 bits per heavy atom. The highest BCUT2D eigenvalue weighted by Gasteiger charge is 2.31. The van der Waals surface area contributed by atoms with Gasteiger partial charge in [0.15, 0.2) is 0 Å². The van der Waals surface area contributed by atoms with Crippen molar-refractivity contribution in [2.45, 2.75) is 32.0 Å². The smallest absolute Gasteiger partial charge is 0.312 e. The summed E-state index contributed by atoms with van der Waals surface area (Å²) in [4.78, 5) is 0. The lowest BCUT2D eigenvalue weighted by molar-refractivity contribution is -0.137. The van der Waals surface area contributed by atoms with Gasteiger partial charge in [0, 0.05) is 28.3 Å². The van der Waals surface area contributed by atoms with Gasteiger partial charge in [-0.15, -0.1) is 0 Å². The van der Waals surface area contributed by atoms with Crippen molar-refractivity contribution in [3.8, 4) is 0 Å². The number of hydrogen-bond acceptors (Lipinski definition) is 2. The number of alkyl halides is 3. The summed E-state index contributed by atoms with van der Waals surface area (Å²) in [6.07, 6.45) is -2.53. The van der Waals surface area contributed by atoms with E-state index in [4.69, 9.17) is 0 Å². The predicted octanol–water partition coefficient (Wildman–Crippen LogP) is 3.51. The van der Waals surface area contributed by atoms with E-state index in [0.717, 1.165) is 25.0 Å². The van der Waals surface area contributed by atoms with Gasteiger partial charge < -0.3 is 5.32 Å². The zero-order chi connectivity index (χ0) is 15.2. The van der Waals surface area contributed by atoms with E-state index in [2.05, 4.69) is 5.32 Å². The molecule has 2 nitrogen and oxygen atoms in total. The second kappa shape index (κ2) is 7.78. The average Bonchev–Trinajstić information content (AvgIpc) is 2.41. The molecule has 20 heavy (non-hydrogen) atoms. The third-order valence-corrected chi connectivity index (χ3v) is 4.49. The molecule has 0 amide bonds. The van der Waals surface area contributed by atoms with E-state index in [9.17, 15) is 17.4 Å². The third-order valence-electron chi connectivity index (χ3n) is 3.04. The van der Waals surface area contributed by atoms with Gasteiger partial charge in [-0.25, -0.2) is 0 Å². The quantitative estimate of drug-likeness (QED) is 0.835. The molecule has 0 heterocycles. The molecule has 0 radical (unpaired) electrons. The van der Waals surface area contributed by atoms with Gasteiger partial charge in [-0.3, -0.25) is 4.21 Å². The molecule has 1 aromatic carbocycles. The topological polar surface area (TPSA) is 29.1 Å². The predicted molar refractivity (Wildman–Crippen MR) is 76.0 cm³/mol.